The van der Waals surface area contributed by atoms with Crippen molar-refractivity contribution in [3.05, 3.63) is 15.2 Å². The van der Waals surface area contributed by atoms with E-state index in [2.05, 4.69) is 15.1 Å². The fourth-order valence-corrected chi connectivity index (χ4v) is 0.962. The van der Waals surface area contributed by atoms with Crippen molar-refractivity contribution < 1.29 is 0 Å². The summed E-state index contributed by atoms with van der Waals surface area (Å²) in [4.78, 5) is 16.9. The van der Waals surface area contributed by atoms with Crippen molar-refractivity contribution in [2.24, 2.45) is 5.18 Å². The van der Waals surface area contributed by atoms with E-state index >= 15 is 0 Å². The van der Waals surface area contributed by atoms with E-state index in [1.54, 1.807) is 0 Å². The van der Waals surface area contributed by atoms with Crippen molar-refractivity contribution in [3.8, 4) is 0 Å². The molecule has 0 unspecified atom stereocenters. The quantitative estimate of drug-likeness (QED) is 0.544. The van der Waals surface area contributed by atoms with Crippen LogP contribution in [0.2, 0.25) is 10.3 Å². The van der Waals surface area contributed by atoms with E-state index in [4.69, 9.17) is 28.9 Å². The summed E-state index contributed by atoms with van der Waals surface area (Å²) in [7, 11) is 0. The van der Waals surface area contributed by atoms with Gasteiger partial charge < -0.3 is 5.73 Å². The fraction of sp³-hybridized carbons (Fsp3) is 0. The zero-order valence-corrected chi connectivity index (χ0v) is 6.60. The topological polar surface area (TPSA) is 81.2 Å². The Bertz CT molecular complexity index is 279. The Labute approximate surface area is 71.5 Å². The predicted molar refractivity (Wildman–Crippen MR) is 41.9 cm³/mol. The first-order valence-corrected chi connectivity index (χ1v) is 3.22. The Balaban J connectivity index is 3.36. The fourth-order valence-electron chi connectivity index (χ4n) is 0.492. The van der Waals surface area contributed by atoms with E-state index in [-0.39, 0.29) is 21.9 Å². The molecule has 7 heteroatoms. The van der Waals surface area contributed by atoms with Crippen molar-refractivity contribution in [2.45, 2.75) is 0 Å². The van der Waals surface area contributed by atoms with Crippen LogP contribution in [0.25, 0.3) is 0 Å². The van der Waals surface area contributed by atoms with E-state index in [1.807, 2.05) is 0 Å². The number of nitrogens with zero attached hydrogens (tertiary/aromatic N) is 3. The molecule has 5 nitrogen and oxygen atoms in total. The summed E-state index contributed by atoms with van der Waals surface area (Å²) in [5.74, 6) is -0.0904. The van der Waals surface area contributed by atoms with Crippen LogP contribution in [0.4, 0.5) is 11.6 Å². The molecule has 0 amide bonds. The SMILES string of the molecule is Nc1nc(Cl)c(N=O)c(Cl)n1. The van der Waals surface area contributed by atoms with Crippen LogP contribution in [-0.2, 0) is 0 Å². The number of hydrogen-bond donors (Lipinski definition) is 1. The van der Waals surface area contributed by atoms with E-state index in [1.165, 1.54) is 0 Å². The smallest absolute Gasteiger partial charge is 0.223 e. The molecule has 0 atom stereocenters. The van der Waals surface area contributed by atoms with Gasteiger partial charge in [-0.25, -0.2) is 0 Å². The lowest BCUT2D eigenvalue weighted by Crippen LogP contribution is -1.94. The van der Waals surface area contributed by atoms with Crippen molar-refractivity contribution in [2.75, 3.05) is 5.73 Å². The first-order chi connectivity index (χ1) is 5.15. The van der Waals surface area contributed by atoms with Gasteiger partial charge in [0.25, 0.3) is 0 Å². The van der Waals surface area contributed by atoms with Crippen LogP contribution in [0.1, 0.15) is 0 Å². The van der Waals surface area contributed by atoms with Gasteiger partial charge in [0.2, 0.25) is 5.95 Å². The maximum Gasteiger partial charge on any atom is 0.223 e. The molecular weight excluding hydrogens is 191 g/mol. The van der Waals surface area contributed by atoms with Gasteiger partial charge in [0, 0.05) is 0 Å². The summed E-state index contributed by atoms with van der Waals surface area (Å²) in [6.07, 6.45) is 0. The number of nitrogen functional groups attached to an aromatic ring is 1. The maximum absolute atomic E-state index is 10.0. The van der Waals surface area contributed by atoms with Gasteiger partial charge in [-0.2, -0.15) is 9.97 Å². The van der Waals surface area contributed by atoms with E-state index < -0.39 is 0 Å². The molecule has 1 aromatic heterocycles. The van der Waals surface area contributed by atoms with Crippen LogP contribution in [0.3, 0.4) is 0 Å². The lowest BCUT2D eigenvalue weighted by molar-refractivity contribution is 1.17. The molecule has 58 valence electrons. The standard InChI is InChI=1S/C4H2Cl2N4O/c5-2-1(10-11)3(6)9-4(7)8-2/h(H2,7,8,9). The lowest BCUT2D eigenvalue weighted by Gasteiger charge is -1.96. The zero-order chi connectivity index (χ0) is 8.43. The highest BCUT2D eigenvalue weighted by Crippen LogP contribution is 2.29. The molecule has 1 aromatic rings. The largest absolute Gasteiger partial charge is 0.368 e. The summed E-state index contributed by atoms with van der Waals surface area (Å²) < 4.78 is 0. The molecule has 2 N–H and O–H groups in total. The van der Waals surface area contributed by atoms with Gasteiger partial charge in [-0.1, -0.05) is 23.2 Å². The van der Waals surface area contributed by atoms with Crippen molar-refractivity contribution in [3.63, 3.8) is 0 Å². The minimum absolute atomic E-state index is 0.0904. The first-order valence-electron chi connectivity index (χ1n) is 2.47. The summed E-state index contributed by atoms with van der Waals surface area (Å²) in [6, 6.07) is 0. The molecular formula is C4H2Cl2N4O. The number of nitroso groups, excluding NO2 is 1. The minimum Gasteiger partial charge on any atom is -0.368 e. The van der Waals surface area contributed by atoms with Crippen LogP contribution in [0.5, 0.6) is 0 Å². The molecule has 0 aliphatic rings. The molecule has 11 heavy (non-hydrogen) atoms. The van der Waals surface area contributed by atoms with E-state index in [0.717, 1.165) is 0 Å². The third-order valence-corrected chi connectivity index (χ3v) is 1.43. The van der Waals surface area contributed by atoms with Crippen LogP contribution < -0.4 is 5.73 Å². The second-order valence-electron chi connectivity index (χ2n) is 1.60. The number of nitrogens with two attached hydrogens (primary N) is 1. The van der Waals surface area contributed by atoms with Crippen LogP contribution >= 0.6 is 23.2 Å². The van der Waals surface area contributed by atoms with Gasteiger partial charge in [0.15, 0.2) is 16.0 Å². The molecule has 0 saturated heterocycles. The van der Waals surface area contributed by atoms with Gasteiger partial charge in [0.1, 0.15) is 0 Å². The highest BCUT2D eigenvalue weighted by atomic mass is 35.5. The predicted octanol–water partition coefficient (Wildman–Crippen LogP) is 1.76. The number of rotatable bonds is 1. The van der Waals surface area contributed by atoms with Gasteiger partial charge in [-0.15, -0.1) is 4.91 Å². The zero-order valence-electron chi connectivity index (χ0n) is 5.08. The normalized spacial score (nSPS) is 9.64. The van der Waals surface area contributed by atoms with E-state index in [0.29, 0.717) is 0 Å². The van der Waals surface area contributed by atoms with Gasteiger partial charge in [0.05, 0.1) is 0 Å². The Hall–Kier alpha value is -0.940. The number of anilines is 1. The Kier molecular flexibility index (Phi) is 2.21. The second kappa shape index (κ2) is 2.98. The molecule has 0 saturated carbocycles. The third kappa shape index (κ3) is 1.55. The van der Waals surface area contributed by atoms with Gasteiger partial charge in [-0.05, 0) is 5.18 Å². The van der Waals surface area contributed by atoms with Crippen molar-refractivity contribution in [1.82, 2.24) is 9.97 Å². The lowest BCUT2D eigenvalue weighted by atomic mass is 10.5. The number of hydrogen-bond acceptors (Lipinski definition) is 5. The molecule has 0 spiro atoms. The average molecular weight is 193 g/mol. The number of aromatic nitrogens is 2. The summed E-state index contributed by atoms with van der Waals surface area (Å²) in [5, 5.41) is 2.23. The van der Waals surface area contributed by atoms with Crippen LogP contribution in [0, 0.1) is 4.91 Å². The molecule has 1 rings (SSSR count). The molecule has 0 radical (unpaired) electrons. The highest BCUT2D eigenvalue weighted by molar-refractivity contribution is 6.37. The van der Waals surface area contributed by atoms with Crippen molar-refractivity contribution in [1.29, 1.82) is 0 Å². The van der Waals surface area contributed by atoms with E-state index in [9.17, 15) is 4.91 Å². The average Bonchev–Trinajstić information content (AvgIpc) is 1.85. The van der Waals surface area contributed by atoms with Crippen LogP contribution in [0.15, 0.2) is 5.18 Å². The second-order valence-corrected chi connectivity index (χ2v) is 2.32. The summed E-state index contributed by atoms with van der Waals surface area (Å²) >= 11 is 10.9. The molecule has 0 bridgehead atoms. The maximum atomic E-state index is 10.0. The molecule has 0 aliphatic carbocycles. The van der Waals surface area contributed by atoms with Crippen LogP contribution in [-0.4, -0.2) is 9.97 Å². The number of halogens is 2. The summed E-state index contributed by atoms with van der Waals surface area (Å²) in [6.45, 7) is 0. The minimum atomic E-state index is -0.192. The van der Waals surface area contributed by atoms with Gasteiger partial charge in [-0.3, -0.25) is 0 Å². The Morgan fingerprint density at radius 1 is 1.27 bits per heavy atom. The third-order valence-electron chi connectivity index (χ3n) is 0.908. The first kappa shape index (κ1) is 8.16. The van der Waals surface area contributed by atoms with Gasteiger partial charge >= 0.3 is 0 Å². The Morgan fingerprint density at radius 3 is 2.09 bits per heavy atom. The Morgan fingerprint density at radius 2 is 1.73 bits per heavy atom. The molecule has 1 heterocycles. The molecule has 0 fully saturated rings. The van der Waals surface area contributed by atoms with Crippen molar-refractivity contribution >= 4 is 34.8 Å². The molecule has 0 aliphatic heterocycles. The highest BCUT2D eigenvalue weighted by Gasteiger charge is 2.09. The monoisotopic (exact) mass is 192 g/mol. The summed E-state index contributed by atoms with van der Waals surface area (Å²) in [5.41, 5.74) is 4.96. The molecule has 0 aromatic carbocycles.